The summed E-state index contributed by atoms with van der Waals surface area (Å²) >= 11 is 3.24. The predicted octanol–water partition coefficient (Wildman–Crippen LogP) is 3.14. The van der Waals surface area contributed by atoms with Crippen LogP contribution in [-0.4, -0.2) is 8.42 Å². The van der Waals surface area contributed by atoms with Crippen LogP contribution in [0.2, 0.25) is 0 Å². The lowest BCUT2D eigenvalue weighted by Gasteiger charge is -2.11. The average Bonchev–Trinajstić information content (AvgIpc) is 2.31. The van der Waals surface area contributed by atoms with E-state index in [9.17, 15) is 8.42 Å². The zero-order valence-corrected chi connectivity index (χ0v) is 12.6. The minimum Gasteiger partial charge on any atom is -0.398 e. The van der Waals surface area contributed by atoms with Crippen molar-refractivity contribution in [1.29, 1.82) is 0 Å². The molecule has 0 aromatic heterocycles. The normalized spacial score (nSPS) is 11.3. The van der Waals surface area contributed by atoms with Gasteiger partial charge < -0.3 is 5.73 Å². The van der Waals surface area contributed by atoms with Crippen molar-refractivity contribution in [3.8, 4) is 0 Å². The molecule has 0 bridgehead atoms. The first kappa shape index (κ1) is 13.9. The lowest BCUT2D eigenvalue weighted by molar-refractivity contribution is 0.601. The summed E-state index contributed by atoms with van der Waals surface area (Å²) < 4.78 is 27.7. The minimum atomic E-state index is -3.69. The molecular weight excluding hydrogens is 328 g/mol. The van der Waals surface area contributed by atoms with Gasteiger partial charge in [0.25, 0.3) is 10.0 Å². The van der Waals surface area contributed by atoms with Crippen molar-refractivity contribution in [3.63, 3.8) is 0 Å². The Labute approximate surface area is 120 Å². The molecule has 2 aromatic carbocycles. The average molecular weight is 341 g/mol. The Morgan fingerprint density at radius 1 is 1.16 bits per heavy atom. The molecule has 19 heavy (non-hydrogen) atoms. The number of sulfonamides is 1. The van der Waals surface area contributed by atoms with E-state index in [0.29, 0.717) is 10.2 Å². The number of nitrogen functional groups attached to an aromatic ring is 1. The van der Waals surface area contributed by atoms with Gasteiger partial charge in [-0.25, -0.2) is 8.42 Å². The fraction of sp³-hybridized carbons (Fsp3) is 0.0769. The predicted molar refractivity (Wildman–Crippen MR) is 80.5 cm³/mol. The largest absolute Gasteiger partial charge is 0.398 e. The second-order valence-electron chi connectivity index (χ2n) is 4.16. The smallest absolute Gasteiger partial charge is 0.263 e. The van der Waals surface area contributed by atoms with Gasteiger partial charge in [0.2, 0.25) is 0 Å². The van der Waals surface area contributed by atoms with Crippen LogP contribution < -0.4 is 10.5 Å². The van der Waals surface area contributed by atoms with Crippen LogP contribution in [0.5, 0.6) is 0 Å². The lowest BCUT2D eigenvalue weighted by Crippen LogP contribution is -2.14. The summed E-state index contributed by atoms with van der Waals surface area (Å²) in [5.41, 5.74) is 7.42. The van der Waals surface area contributed by atoms with Gasteiger partial charge in [-0.05, 0) is 42.8 Å². The second kappa shape index (κ2) is 5.22. The molecule has 100 valence electrons. The molecule has 4 nitrogen and oxygen atoms in total. The fourth-order valence-electron chi connectivity index (χ4n) is 1.66. The molecule has 0 saturated heterocycles. The third kappa shape index (κ3) is 3.27. The van der Waals surface area contributed by atoms with E-state index >= 15 is 0 Å². The SMILES string of the molecule is Cc1cccc(NS(=O)(=O)c2cc(Br)ccc2N)c1. The maximum absolute atomic E-state index is 12.3. The van der Waals surface area contributed by atoms with E-state index in [2.05, 4.69) is 20.7 Å². The summed E-state index contributed by atoms with van der Waals surface area (Å²) in [5, 5.41) is 0. The Morgan fingerprint density at radius 3 is 2.58 bits per heavy atom. The number of anilines is 2. The Kier molecular flexibility index (Phi) is 3.82. The van der Waals surface area contributed by atoms with Crippen LogP contribution >= 0.6 is 15.9 Å². The number of benzene rings is 2. The third-order valence-electron chi connectivity index (χ3n) is 2.54. The molecule has 0 aliphatic heterocycles. The third-order valence-corrected chi connectivity index (χ3v) is 4.47. The highest BCUT2D eigenvalue weighted by atomic mass is 79.9. The highest BCUT2D eigenvalue weighted by molar-refractivity contribution is 9.10. The van der Waals surface area contributed by atoms with Crippen LogP contribution in [0.15, 0.2) is 51.8 Å². The molecule has 0 atom stereocenters. The van der Waals surface area contributed by atoms with Crippen LogP contribution in [0.25, 0.3) is 0 Å². The molecule has 0 spiro atoms. The van der Waals surface area contributed by atoms with Gasteiger partial charge in [0.15, 0.2) is 0 Å². The van der Waals surface area contributed by atoms with Crippen LogP contribution in [0.4, 0.5) is 11.4 Å². The highest BCUT2D eigenvalue weighted by Gasteiger charge is 2.17. The molecule has 0 amide bonds. The number of rotatable bonds is 3. The molecule has 0 unspecified atom stereocenters. The number of nitrogens with one attached hydrogen (secondary N) is 1. The number of hydrogen-bond donors (Lipinski definition) is 2. The quantitative estimate of drug-likeness (QED) is 0.843. The van der Waals surface area contributed by atoms with Gasteiger partial charge in [0, 0.05) is 10.2 Å². The molecule has 0 heterocycles. The molecule has 6 heteroatoms. The lowest BCUT2D eigenvalue weighted by atomic mass is 10.2. The summed E-state index contributed by atoms with van der Waals surface area (Å²) in [6.07, 6.45) is 0. The standard InChI is InChI=1S/C13H13BrN2O2S/c1-9-3-2-4-11(7-9)16-19(17,18)13-8-10(14)5-6-12(13)15/h2-8,16H,15H2,1H3. The Balaban J connectivity index is 2.40. The molecule has 3 N–H and O–H groups in total. The first-order valence-corrected chi connectivity index (χ1v) is 7.80. The summed E-state index contributed by atoms with van der Waals surface area (Å²) in [5.74, 6) is 0. The maximum atomic E-state index is 12.3. The van der Waals surface area contributed by atoms with E-state index in [1.807, 2.05) is 13.0 Å². The van der Waals surface area contributed by atoms with Crippen LogP contribution in [0.1, 0.15) is 5.56 Å². The number of hydrogen-bond acceptors (Lipinski definition) is 3. The summed E-state index contributed by atoms with van der Waals surface area (Å²) in [6.45, 7) is 1.89. The molecule has 0 radical (unpaired) electrons. The fourth-order valence-corrected chi connectivity index (χ4v) is 3.38. The van der Waals surface area contributed by atoms with Crippen molar-refractivity contribution in [2.24, 2.45) is 0 Å². The molecule has 0 fully saturated rings. The molecule has 2 aromatic rings. The number of aryl methyl sites for hydroxylation is 1. The second-order valence-corrected chi connectivity index (χ2v) is 6.72. The Bertz CT molecular complexity index is 714. The van der Waals surface area contributed by atoms with Crippen molar-refractivity contribution in [2.45, 2.75) is 11.8 Å². The maximum Gasteiger partial charge on any atom is 0.263 e. The monoisotopic (exact) mass is 340 g/mol. The van der Waals surface area contributed by atoms with Crippen molar-refractivity contribution in [2.75, 3.05) is 10.5 Å². The van der Waals surface area contributed by atoms with Crippen LogP contribution in [-0.2, 0) is 10.0 Å². The van der Waals surface area contributed by atoms with Crippen LogP contribution in [0.3, 0.4) is 0 Å². The van der Waals surface area contributed by atoms with Gasteiger partial charge in [-0.2, -0.15) is 0 Å². The molecule has 0 saturated carbocycles. The van der Waals surface area contributed by atoms with Crippen LogP contribution in [0, 0.1) is 6.92 Å². The number of halogens is 1. The van der Waals surface area contributed by atoms with Gasteiger partial charge in [-0.1, -0.05) is 28.1 Å². The topological polar surface area (TPSA) is 72.2 Å². The summed E-state index contributed by atoms with van der Waals surface area (Å²) in [6, 6.07) is 11.9. The van der Waals surface area contributed by atoms with Crippen molar-refractivity contribution in [1.82, 2.24) is 0 Å². The van der Waals surface area contributed by atoms with Gasteiger partial charge in [0.1, 0.15) is 4.90 Å². The Hall–Kier alpha value is -1.53. The molecule has 0 aliphatic carbocycles. The summed E-state index contributed by atoms with van der Waals surface area (Å²) in [4.78, 5) is 0.0587. The molecular formula is C13H13BrN2O2S. The van der Waals surface area contributed by atoms with Gasteiger partial charge in [0.05, 0.1) is 5.69 Å². The van der Waals surface area contributed by atoms with Gasteiger partial charge >= 0.3 is 0 Å². The van der Waals surface area contributed by atoms with E-state index in [4.69, 9.17) is 5.73 Å². The Morgan fingerprint density at radius 2 is 1.89 bits per heavy atom. The van der Waals surface area contributed by atoms with Crippen molar-refractivity contribution < 1.29 is 8.42 Å². The first-order valence-electron chi connectivity index (χ1n) is 5.53. The van der Waals surface area contributed by atoms with E-state index < -0.39 is 10.0 Å². The van der Waals surface area contributed by atoms with E-state index in [1.54, 1.807) is 30.3 Å². The van der Waals surface area contributed by atoms with E-state index in [0.717, 1.165) is 5.56 Å². The van der Waals surface area contributed by atoms with E-state index in [-0.39, 0.29) is 10.6 Å². The molecule has 0 aliphatic rings. The highest BCUT2D eigenvalue weighted by Crippen LogP contribution is 2.25. The van der Waals surface area contributed by atoms with E-state index in [1.165, 1.54) is 6.07 Å². The van der Waals surface area contributed by atoms with Gasteiger partial charge in [-0.3, -0.25) is 4.72 Å². The minimum absolute atomic E-state index is 0.0587. The summed E-state index contributed by atoms with van der Waals surface area (Å²) in [7, 11) is -3.69. The first-order chi connectivity index (χ1) is 8.88. The number of nitrogens with two attached hydrogens (primary N) is 1. The van der Waals surface area contributed by atoms with Crippen molar-refractivity contribution in [3.05, 3.63) is 52.5 Å². The molecule has 2 rings (SSSR count). The zero-order chi connectivity index (χ0) is 14.0. The van der Waals surface area contributed by atoms with Gasteiger partial charge in [-0.15, -0.1) is 0 Å². The zero-order valence-electron chi connectivity index (χ0n) is 10.2. The van der Waals surface area contributed by atoms with Crippen molar-refractivity contribution >= 4 is 37.3 Å².